The zero-order chi connectivity index (χ0) is 13.8. The maximum Gasteiger partial charge on any atom is 0.339 e. The summed E-state index contributed by atoms with van der Waals surface area (Å²) in [6.45, 7) is 2.03. The molecule has 19 heavy (non-hydrogen) atoms. The Morgan fingerprint density at radius 1 is 1.47 bits per heavy atom. The number of pyridine rings is 1. The summed E-state index contributed by atoms with van der Waals surface area (Å²) in [6.07, 6.45) is 2.57. The lowest BCUT2D eigenvalue weighted by molar-refractivity contribution is 0.0697. The highest BCUT2D eigenvalue weighted by Gasteiger charge is 2.12. The normalized spacial score (nSPS) is 10.2. The molecule has 0 aliphatic rings. The summed E-state index contributed by atoms with van der Waals surface area (Å²) in [5.41, 5.74) is 0.473. The molecular weight excluding hydrogens is 251 g/mol. The van der Waals surface area contributed by atoms with E-state index in [0.717, 1.165) is 12.3 Å². The van der Waals surface area contributed by atoms with Crippen molar-refractivity contribution >= 4 is 11.8 Å². The fourth-order valence-electron chi connectivity index (χ4n) is 1.52. The molecule has 2 N–H and O–H groups in total. The van der Waals surface area contributed by atoms with Gasteiger partial charge in [0, 0.05) is 6.20 Å². The minimum Gasteiger partial charge on any atom is -0.478 e. The number of hydrogen-bond donors (Lipinski definition) is 2. The predicted octanol–water partition coefficient (Wildman–Crippen LogP) is 1.63. The van der Waals surface area contributed by atoms with E-state index in [9.17, 15) is 9.18 Å². The second-order valence-corrected chi connectivity index (χ2v) is 3.80. The topological polar surface area (TPSA) is 88.0 Å². The summed E-state index contributed by atoms with van der Waals surface area (Å²) >= 11 is 0. The van der Waals surface area contributed by atoms with E-state index in [1.54, 1.807) is 19.2 Å². The highest BCUT2D eigenvalue weighted by molar-refractivity contribution is 5.93. The molecule has 2 aromatic rings. The van der Waals surface area contributed by atoms with Crippen molar-refractivity contribution < 1.29 is 14.3 Å². The molecular formula is C12H11FN4O2. The Morgan fingerprint density at radius 2 is 2.26 bits per heavy atom. The molecule has 0 fully saturated rings. The Morgan fingerprint density at radius 3 is 2.95 bits per heavy atom. The van der Waals surface area contributed by atoms with Crippen LogP contribution >= 0.6 is 0 Å². The molecule has 7 heteroatoms. The number of carbonyl (C=O) groups is 1. The standard InChI is InChI=1S/C12H11FN4O2/c1-7-14-3-2-9(17-7)6-16-11-10(12(18)19)4-8(13)5-15-11/h2-5H,6H2,1H3,(H,15,16)(H,18,19). The number of nitrogens with zero attached hydrogens (tertiary/aromatic N) is 3. The van der Waals surface area contributed by atoms with Crippen molar-refractivity contribution in [2.75, 3.05) is 5.32 Å². The van der Waals surface area contributed by atoms with Crippen LogP contribution in [0.2, 0.25) is 0 Å². The highest BCUT2D eigenvalue weighted by Crippen LogP contribution is 2.14. The summed E-state index contributed by atoms with van der Waals surface area (Å²) in [7, 11) is 0. The maximum absolute atomic E-state index is 12.9. The summed E-state index contributed by atoms with van der Waals surface area (Å²) in [5, 5.41) is 11.8. The van der Waals surface area contributed by atoms with Gasteiger partial charge in [0.05, 0.1) is 18.4 Å². The highest BCUT2D eigenvalue weighted by atomic mass is 19.1. The van der Waals surface area contributed by atoms with Gasteiger partial charge >= 0.3 is 5.97 Å². The van der Waals surface area contributed by atoms with Crippen molar-refractivity contribution in [1.29, 1.82) is 0 Å². The number of rotatable bonds is 4. The molecule has 0 aromatic carbocycles. The van der Waals surface area contributed by atoms with E-state index in [4.69, 9.17) is 5.11 Å². The van der Waals surface area contributed by atoms with Crippen LogP contribution in [0.5, 0.6) is 0 Å². The summed E-state index contributed by atoms with van der Waals surface area (Å²) in [5.74, 6) is -1.22. The van der Waals surface area contributed by atoms with Gasteiger partial charge in [-0.2, -0.15) is 0 Å². The quantitative estimate of drug-likeness (QED) is 0.870. The second kappa shape index (κ2) is 5.38. The Hall–Kier alpha value is -2.57. The van der Waals surface area contributed by atoms with Crippen molar-refractivity contribution in [2.24, 2.45) is 0 Å². The smallest absolute Gasteiger partial charge is 0.339 e. The first kappa shape index (κ1) is 12.9. The minimum atomic E-state index is -1.24. The number of anilines is 1. The molecule has 2 aromatic heterocycles. The number of nitrogens with one attached hydrogen (secondary N) is 1. The first-order chi connectivity index (χ1) is 9.06. The minimum absolute atomic E-state index is 0.102. The molecule has 0 bridgehead atoms. The van der Waals surface area contributed by atoms with Crippen LogP contribution in [0.3, 0.4) is 0 Å². The molecule has 0 aliphatic carbocycles. The molecule has 2 rings (SSSR count). The Labute approximate surface area is 108 Å². The number of hydrogen-bond acceptors (Lipinski definition) is 5. The monoisotopic (exact) mass is 262 g/mol. The Kier molecular flexibility index (Phi) is 3.65. The zero-order valence-electron chi connectivity index (χ0n) is 10.1. The molecule has 0 aliphatic heterocycles. The van der Waals surface area contributed by atoms with E-state index >= 15 is 0 Å². The van der Waals surface area contributed by atoms with Crippen molar-refractivity contribution in [3.05, 3.63) is 47.4 Å². The summed E-state index contributed by atoms with van der Waals surface area (Å²) in [4.78, 5) is 22.8. The van der Waals surface area contributed by atoms with Crippen molar-refractivity contribution in [3.63, 3.8) is 0 Å². The molecule has 0 atom stereocenters. The Balaban J connectivity index is 2.17. The van der Waals surface area contributed by atoms with Gasteiger partial charge in [0.2, 0.25) is 0 Å². The fourth-order valence-corrected chi connectivity index (χ4v) is 1.52. The van der Waals surface area contributed by atoms with Gasteiger partial charge in [-0.05, 0) is 19.1 Å². The molecule has 6 nitrogen and oxygen atoms in total. The van der Waals surface area contributed by atoms with Crippen LogP contribution in [0.25, 0.3) is 0 Å². The maximum atomic E-state index is 12.9. The average Bonchev–Trinajstić information content (AvgIpc) is 2.37. The van der Waals surface area contributed by atoms with Crippen molar-refractivity contribution in [1.82, 2.24) is 15.0 Å². The molecule has 0 saturated carbocycles. The van der Waals surface area contributed by atoms with Crippen LogP contribution in [-0.4, -0.2) is 26.0 Å². The molecule has 0 saturated heterocycles. The van der Waals surface area contributed by atoms with Crippen LogP contribution in [0.4, 0.5) is 10.2 Å². The van der Waals surface area contributed by atoms with Gasteiger partial charge in [0.1, 0.15) is 23.0 Å². The van der Waals surface area contributed by atoms with Crippen LogP contribution in [0.1, 0.15) is 21.9 Å². The fraction of sp³-hybridized carbons (Fsp3) is 0.167. The van der Waals surface area contributed by atoms with Gasteiger partial charge in [-0.1, -0.05) is 0 Å². The van der Waals surface area contributed by atoms with Crippen molar-refractivity contribution in [3.8, 4) is 0 Å². The number of aromatic carboxylic acids is 1. The molecule has 0 amide bonds. The van der Waals surface area contributed by atoms with E-state index in [-0.39, 0.29) is 17.9 Å². The third kappa shape index (κ3) is 3.21. The van der Waals surface area contributed by atoms with E-state index in [0.29, 0.717) is 11.5 Å². The first-order valence-electron chi connectivity index (χ1n) is 5.47. The number of aryl methyl sites for hydroxylation is 1. The lowest BCUT2D eigenvalue weighted by Crippen LogP contribution is -2.10. The number of aromatic nitrogens is 3. The van der Waals surface area contributed by atoms with Gasteiger partial charge in [0.15, 0.2) is 0 Å². The van der Waals surface area contributed by atoms with Crippen LogP contribution < -0.4 is 5.32 Å². The number of carboxylic acid groups (broad SMARTS) is 1. The van der Waals surface area contributed by atoms with Gasteiger partial charge in [-0.3, -0.25) is 0 Å². The second-order valence-electron chi connectivity index (χ2n) is 3.80. The number of halogens is 1. The molecule has 0 unspecified atom stereocenters. The lowest BCUT2D eigenvalue weighted by atomic mass is 10.2. The predicted molar refractivity (Wildman–Crippen MR) is 65.3 cm³/mol. The van der Waals surface area contributed by atoms with E-state index < -0.39 is 11.8 Å². The van der Waals surface area contributed by atoms with Crippen LogP contribution in [0, 0.1) is 12.7 Å². The Bertz CT molecular complexity index is 618. The zero-order valence-corrected chi connectivity index (χ0v) is 10.1. The van der Waals surface area contributed by atoms with Gasteiger partial charge in [-0.15, -0.1) is 0 Å². The van der Waals surface area contributed by atoms with Crippen molar-refractivity contribution in [2.45, 2.75) is 13.5 Å². The molecule has 0 radical (unpaired) electrons. The number of carboxylic acids is 1. The van der Waals surface area contributed by atoms with E-state index in [1.807, 2.05) is 0 Å². The summed E-state index contributed by atoms with van der Waals surface area (Å²) in [6, 6.07) is 2.62. The summed E-state index contributed by atoms with van der Waals surface area (Å²) < 4.78 is 12.9. The van der Waals surface area contributed by atoms with E-state index in [1.165, 1.54) is 0 Å². The van der Waals surface area contributed by atoms with E-state index in [2.05, 4.69) is 20.3 Å². The third-order valence-corrected chi connectivity index (χ3v) is 2.36. The molecule has 2 heterocycles. The molecule has 98 valence electrons. The molecule has 0 spiro atoms. The van der Waals surface area contributed by atoms with Crippen LogP contribution in [0.15, 0.2) is 24.5 Å². The lowest BCUT2D eigenvalue weighted by Gasteiger charge is -2.08. The first-order valence-corrected chi connectivity index (χ1v) is 5.47. The largest absolute Gasteiger partial charge is 0.478 e. The van der Waals surface area contributed by atoms with Gasteiger partial charge in [0.25, 0.3) is 0 Å². The van der Waals surface area contributed by atoms with Gasteiger partial charge in [-0.25, -0.2) is 24.1 Å². The third-order valence-electron chi connectivity index (χ3n) is 2.36. The SMILES string of the molecule is Cc1nccc(CNc2ncc(F)cc2C(=O)O)n1. The average molecular weight is 262 g/mol. The van der Waals surface area contributed by atoms with Gasteiger partial charge < -0.3 is 10.4 Å². The van der Waals surface area contributed by atoms with Crippen LogP contribution in [-0.2, 0) is 6.54 Å².